The molecule has 0 heterocycles. The normalized spacial score (nSPS) is 18.5. The van der Waals surface area contributed by atoms with Crippen molar-refractivity contribution in [2.45, 2.75) is 24.9 Å². The fraction of sp³-hybridized carbons (Fsp3) is 0.125. The molecule has 2 unspecified atom stereocenters. The van der Waals surface area contributed by atoms with E-state index in [1.807, 2.05) is 0 Å². The molecule has 0 N–H and O–H groups in total. The zero-order valence-electron chi connectivity index (χ0n) is 19.0. The number of allylic oxidation sites excluding steroid dienone is 2. The van der Waals surface area contributed by atoms with Crippen LogP contribution in [0.5, 0.6) is 0 Å². The Morgan fingerprint density at radius 2 is 0.909 bits per heavy atom. The van der Waals surface area contributed by atoms with Crippen molar-refractivity contribution in [3.05, 3.63) is 130 Å². The van der Waals surface area contributed by atoms with Gasteiger partial charge in [0.2, 0.25) is 0 Å². The molecule has 0 nitrogen and oxygen atoms in total. The maximum atomic E-state index is 2.44. The van der Waals surface area contributed by atoms with E-state index >= 15 is 0 Å². The predicted molar refractivity (Wildman–Crippen MR) is 142 cm³/mol. The van der Waals surface area contributed by atoms with Gasteiger partial charge in [0.25, 0.3) is 0 Å². The third-order valence-electron chi connectivity index (χ3n) is 7.06. The summed E-state index contributed by atoms with van der Waals surface area (Å²) in [5.41, 5.74) is 15.1. The van der Waals surface area contributed by atoms with Gasteiger partial charge in [0, 0.05) is 0 Å². The van der Waals surface area contributed by atoms with E-state index in [0.29, 0.717) is 11.1 Å². The topological polar surface area (TPSA) is 0 Å². The molecule has 0 aliphatic heterocycles. The van der Waals surface area contributed by atoms with Crippen molar-refractivity contribution in [1.29, 1.82) is 0 Å². The van der Waals surface area contributed by atoms with Crippen LogP contribution in [0.15, 0.2) is 108 Å². The van der Waals surface area contributed by atoms with Crippen LogP contribution < -0.4 is 0 Å². The molecule has 1 heteroatoms. The molecule has 158 valence electrons. The maximum Gasteiger partial charge on any atom is 0.0678 e. The smallest absolute Gasteiger partial charge is 0.0678 e. The minimum Gasteiger partial charge on any atom is -0.0684 e. The minimum absolute atomic E-state index is 0.489. The zero-order chi connectivity index (χ0) is 22.4. The van der Waals surface area contributed by atoms with Crippen molar-refractivity contribution >= 4 is 21.7 Å². The summed E-state index contributed by atoms with van der Waals surface area (Å²) in [5, 5.41) is 0. The highest BCUT2D eigenvalue weighted by Crippen LogP contribution is 2.46. The van der Waals surface area contributed by atoms with Crippen LogP contribution in [0.4, 0.5) is 0 Å². The monoisotopic (exact) mass is 438 g/mol. The Morgan fingerprint density at radius 3 is 1.33 bits per heavy atom. The Morgan fingerprint density at radius 1 is 0.485 bits per heavy atom. The van der Waals surface area contributed by atoms with Crippen LogP contribution in [0.1, 0.15) is 47.2 Å². The largest absolute Gasteiger partial charge is 0.0684 e. The zero-order valence-corrected chi connectivity index (χ0v) is 20.0. The van der Waals surface area contributed by atoms with Crippen molar-refractivity contribution in [2.24, 2.45) is 0 Å². The Balaban J connectivity index is 1.37. The van der Waals surface area contributed by atoms with E-state index in [2.05, 4.69) is 123 Å². The second kappa shape index (κ2) is 8.17. The van der Waals surface area contributed by atoms with Gasteiger partial charge < -0.3 is 0 Å². The van der Waals surface area contributed by atoms with E-state index in [1.54, 1.807) is 0 Å². The molecule has 0 aromatic heterocycles. The average Bonchev–Trinajstić information content (AvgIpc) is 3.36. The molecule has 2 radical (unpaired) electrons. The molecule has 0 bridgehead atoms. The summed E-state index contributed by atoms with van der Waals surface area (Å²) < 4.78 is 0. The standard InChI is InChI=1S/C32H26Si/c1-21-19-29-25(23-11-5-3-6-12-23)15-9-17-27(29)31(21)33-32-22(2)20-30-26(16-10-18-28(30)32)24-13-7-4-8-14-24/h3-20,31-32H,1-2H3. The first-order chi connectivity index (χ1) is 16.2. The highest BCUT2D eigenvalue weighted by Gasteiger charge is 2.32. The quantitative estimate of drug-likeness (QED) is 0.281. The van der Waals surface area contributed by atoms with Gasteiger partial charge in [0.05, 0.1) is 9.52 Å². The average molecular weight is 439 g/mol. The number of hydrogen-bond acceptors (Lipinski definition) is 0. The van der Waals surface area contributed by atoms with Gasteiger partial charge >= 0.3 is 0 Å². The van der Waals surface area contributed by atoms with E-state index in [0.717, 1.165) is 9.52 Å². The SMILES string of the molecule is CC1=Cc2c(-c3ccccc3)cccc2C1[Si]C1C(C)=Cc2c(-c3ccccc3)cccc21. The van der Waals surface area contributed by atoms with Crippen molar-refractivity contribution in [3.63, 3.8) is 0 Å². The summed E-state index contributed by atoms with van der Waals surface area (Å²) >= 11 is 0. The lowest BCUT2D eigenvalue weighted by atomic mass is 9.97. The van der Waals surface area contributed by atoms with Crippen LogP contribution in [0.2, 0.25) is 0 Å². The first-order valence-corrected chi connectivity index (χ1v) is 12.9. The second-order valence-corrected chi connectivity index (χ2v) is 10.6. The molecule has 2 aliphatic carbocycles. The van der Waals surface area contributed by atoms with Gasteiger partial charge in [-0.15, -0.1) is 0 Å². The van der Waals surface area contributed by atoms with Gasteiger partial charge in [-0.25, -0.2) is 0 Å². The second-order valence-electron chi connectivity index (χ2n) is 9.16. The molecule has 33 heavy (non-hydrogen) atoms. The molecule has 0 spiro atoms. The lowest BCUT2D eigenvalue weighted by Gasteiger charge is -2.21. The van der Waals surface area contributed by atoms with Gasteiger partial charge in [0.15, 0.2) is 0 Å². The Kier molecular flexibility index (Phi) is 5.00. The van der Waals surface area contributed by atoms with Crippen molar-refractivity contribution in [1.82, 2.24) is 0 Å². The van der Waals surface area contributed by atoms with E-state index in [4.69, 9.17) is 0 Å². The third-order valence-corrected chi connectivity index (χ3v) is 9.26. The van der Waals surface area contributed by atoms with Crippen LogP contribution in [0.25, 0.3) is 34.4 Å². The first kappa shape index (κ1) is 20.2. The summed E-state index contributed by atoms with van der Waals surface area (Å²) in [6.07, 6.45) is 4.87. The number of rotatable bonds is 4. The summed E-state index contributed by atoms with van der Waals surface area (Å²) in [4.78, 5) is 0. The van der Waals surface area contributed by atoms with Crippen molar-refractivity contribution in [3.8, 4) is 22.3 Å². The molecule has 4 aromatic rings. The summed E-state index contributed by atoms with van der Waals surface area (Å²) in [5.74, 6) is 0. The first-order valence-electron chi connectivity index (χ1n) is 11.7. The maximum absolute atomic E-state index is 2.44. The van der Waals surface area contributed by atoms with Gasteiger partial charge in [-0.05, 0) is 69.4 Å². The highest BCUT2D eigenvalue weighted by molar-refractivity contribution is 6.44. The molecule has 2 atom stereocenters. The van der Waals surface area contributed by atoms with Gasteiger partial charge in [-0.2, -0.15) is 0 Å². The summed E-state index contributed by atoms with van der Waals surface area (Å²) in [6, 6.07) is 35.3. The Labute approximate surface area is 199 Å². The van der Waals surface area contributed by atoms with Crippen LogP contribution >= 0.6 is 0 Å². The molecular weight excluding hydrogens is 412 g/mol. The van der Waals surface area contributed by atoms with E-state index < -0.39 is 0 Å². The van der Waals surface area contributed by atoms with Crippen molar-refractivity contribution < 1.29 is 0 Å². The molecule has 4 aromatic carbocycles. The highest BCUT2D eigenvalue weighted by atomic mass is 28.2. The molecule has 0 saturated carbocycles. The summed E-state index contributed by atoms with van der Waals surface area (Å²) in [6.45, 7) is 4.64. The minimum atomic E-state index is 0.489. The molecular formula is C32H26Si. The van der Waals surface area contributed by atoms with E-state index in [9.17, 15) is 0 Å². The van der Waals surface area contributed by atoms with Crippen LogP contribution in [0, 0.1) is 0 Å². The van der Waals surface area contributed by atoms with E-state index in [-0.39, 0.29) is 0 Å². The van der Waals surface area contributed by atoms with Gasteiger partial charge in [-0.1, -0.05) is 120 Å². The van der Waals surface area contributed by atoms with Crippen molar-refractivity contribution in [2.75, 3.05) is 0 Å². The van der Waals surface area contributed by atoms with Crippen LogP contribution in [0.3, 0.4) is 0 Å². The van der Waals surface area contributed by atoms with Gasteiger partial charge in [-0.3, -0.25) is 0 Å². The molecule has 2 aliphatic rings. The van der Waals surface area contributed by atoms with Gasteiger partial charge in [0.1, 0.15) is 0 Å². The summed E-state index contributed by atoms with van der Waals surface area (Å²) in [7, 11) is 0.806. The van der Waals surface area contributed by atoms with Crippen LogP contribution in [-0.4, -0.2) is 9.52 Å². The number of hydrogen-bond donors (Lipinski definition) is 0. The predicted octanol–water partition coefficient (Wildman–Crippen LogP) is 8.34. The van der Waals surface area contributed by atoms with E-state index in [1.165, 1.54) is 55.7 Å². The Hall–Kier alpha value is -3.42. The molecule has 6 rings (SSSR count). The fourth-order valence-corrected chi connectivity index (χ4v) is 7.34. The number of benzene rings is 4. The fourth-order valence-electron chi connectivity index (χ4n) is 5.45. The molecule has 0 saturated heterocycles. The Bertz CT molecular complexity index is 1280. The lowest BCUT2D eigenvalue weighted by molar-refractivity contribution is 1.04. The third kappa shape index (κ3) is 3.44. The molecule has 0 amide bonds. The molecule has 0 fully saturated rings. The lowest BCUT2D eigenvalue weighted by Crippen LogP contribution is -2.16. The van der Waals surface area contributed by atoms with Crippen LogP contribution in [-0.2, 0) is 0 Å². The number of fused-ring (bicyclic) bond motifs is 2.